The second kappa shape index (κ2) is 10.7. The SMILES string of the molecule is COC1CCC2CCC[C@H]3CCCN3C3NC(C(N)CC3C(F)(F)F)C3NNC(O3)C(C(F)(F)F)C1C2. The molecule has 0 spiro atoms. The molecule has 5 aliphatic rings. The van der Waals surface area contributed by atoms with Gasteiger partial charge in [-0.15, -0.1) is 0 Å². The maximum atomic E-state index is 14.5. The molecule has 0 aromatic heterocycles. The van der Waals surface area contributed by atoms with E-state index in [2.05, 4.69) is 16.2 Å². The van der Waals surface area contributed by atoms with Crippen molar-refractivity contribution in [3.63, 3.8) is 0 Å². The Hall–Kier alpha value is -0.700. The minimum Gasteiger partial charge on any atom is -0.381 e. The first-order valence-corrected chi connectivity index (χ1v) is 13.6. The van der Waals surface area contributed by atoms with Crippen LogP contribution in [0.5, 0.6) is 0 Å². The molecule has 0 aromatic rings. The zero-order valence-electron chi connectivity index (χ0n) is 21.0. The molecule has 0 amide bonds. The van der Waals surface area contributed by atoms with Gasteiger partial charge in [0.2, 0.25) is 0 Å². The molecule has 4 aliphatic heterocycles. The molecule has 11 atom stereocenters. The molecule has 214 valence electrons. The lowest BCUT2D eigenvalue weighted by Crippen LogP contribution is -2.70. The average molecular weight is 544 g/mol. The molecule has 13 heteroatoms. The van der Waals surface area contributed by atoms with Crippen molar-refractivity contribution in [2.75, 3.05) is 13.7 Å². The van der Waals surface area contributed by atoms with E-state index < -0.39 is 66.9 Å². The predicted molar refractivity (Wildman–Crippen MR) is 123 cm³/mol. The summed E-state index contributed by atoms with van der Waals surface area (Å²) in [5, 5.41) is 3.10. The highest BCUT2D eigenvalue weighted by molar-refractivity contribution is 5.03. The molecule has 37 heavy (non-hydrogen) atoms. The van der Waals surface area contributed by atoms with Gasteiger partial charge in [0.25, 0.3) is 0 Å². The maximum Gasteiger partial charge on any atom is 0.396 e. The normalized spacial score (nSPS) is 46.2. The Morgan fingerprint density at radius 1 is 0.892 bits per heavy atom. The van der Waals surface area contributed by atoms with Crippen LogP contribution < -0.4 is 21.9 Å². The molecule has 0 aromatic carbocycles. The van der Waals surface area contributed by atoms with Crippen molar-refractivity contribution in [2.45, 2.75) is 113 Å². The van der Waals surface area contributed by atoms with Gasteiger partial charge in [0.1, 0.15) is 18.4 Å². The molecule has 1 aliphatic carbocycles. The first-order chi connectivity index (χ1) is 17.5. The Balaban J connectivity index is 1.48. The summed E-state index contributed by atoms with van der Waals surface area (Å²) in [7, 11) is 1.45. The van der Waals surface area contributed by atoms with Gasteiger partial charge in [-0.2, -0.15) is 26.3 Å². The van der Waals surface area contributed by atoms with Gasteiger partial charge in [0.05, 0.1) is 24.2 Å². The topological polar surface area (TPSA) is 83.8 Å². The minimum absolute atomic E-state index is 0.000170. The molecule has 7 nitrogen and oxygen atoms in total. The van der Waals surface area contributed by atoms with Crippen molar-refractivity contribution in [1.82, 2.24) is 21.1 Å². The van der Waals surface area contributed by atoms with Crippen molar-refractivity contribution in [3.8, 4) is 0 Å². The molecule has 1 saturated carbocycles. The van der Waals surface area contributed by atoms with Crippen molar-refractivity contribution < 1.29 is 35.8 Å². The van der Waals surface area contributed by atoms with E-state index in [1.807, 2.05) is 4.90 Å². The lowest BCUT2D eigenvalue weighted by Gasteiger charge is -2.48. The van der Waals surface area contributed by atoms with Gasteiger partial charge >= 0.3 is 12.4 Å². The van der Waals surface area contributed by atoms with Crippen molar-refractivity contribution >= 4 is 0 Å². The van der Waals surface area contributed by atoms with Gasteiger partial charge in [0, 0.05) is 25.1 Å². The lowest BCUT2D eigenvalue weighted by molar-refractivity contribution is -0.241. The first-order valence-electron chi connectivity index (χ1n) is 13.6. The highest BCUT2D eigenvalue weighted by atomic mass is 19.4. The minimum atomic E-state index is -4.56. The van der Waals surface area contributed by atoms with E-state index >= 15 is 0 Å². The Bertz CT molecular complexity index is 788. The van der Waals surface area contributed by atoms with Crippen LogP contribution in [0.15, 0.2) is 0 Å². The third-order valence-corrected chi connectivity index (χ3v) is 9.48. The zero-order valence-corrected chi connectivity index (χ0v) is 21.0. The molecular weight excluding hydrogens is 504 g/mol. The number of alkyl halides is 6. The number of halogens is 6. The standard InChI is InChI=1S/C24H39F6N5O2/c1-36-17-8-7-12-4-2-5-13-6-3-9-35(13)20-15(23(25,26)27)11-16(31)19(32-20)22-34-33-21(37-22)18(14(17)10-12)24(28,29)30/h12-22,32-34H,2-11,31H2,1H3/t12?,13-,14?,15?,16?,17?,18?,19?,20?,21?,22?/m0/s1. The third kappa shape index (κ3) is 5.64. The second-order valence-electron chi connectivity index (χ2n) is 11.6. The molecule has 5 fully saturated rings. The molecule has 4 saturated heterocycles. The van der Waals surface area contributed by atoms with E-state index in [1.54, 1.807) is 0 Å². The number of hydrogen-bond acceptors (Lipinski definition) is 7. The van der Waals surface area contributed by atoms with E-state index in [1.165, 1.54) is 7.11 Å². The number of hydrazine groups is 1. The van der Waals surface area contributed by atoms with Crippen LogP contribution in [0.1, 0.15) is 57.8 Å². The monoisotopic (exact) mass is 543 g/mol. The molecule has 6 bridgehead atoms. The van der Waals surface area contributed by atoms with Crippen LogP contribution in [0.4, 0.5) is 26.3 Å². The molecule has 4 heterocycles. The lowest BCUT2D eigenvalue weighted by atomic mass is 9.71. The van der Waals surface area contributed by atoms with Crippen molar-refractivity contribution in [3.05, 3.63) is 0 Å². The van der Waals surface area contributed by atoms with E-state index in [0.717, 1.165) is 38.5 Å². The number of rotatable bonds is 1. The fourth-order valence-corrected chi connectivity index (χ4v) is 7.71. The fraction of sp³-hybridized carbons (Fsp3) is 1.00. The highest BCUT2D eigenvalue weighted by Gasteiger charge is 2.58. The molecule has 0 radical (unpaired) electrons. The Morgan fingerprint density at radius 3 is 2.32 bits per heavy atom. The van der Waals surface area contributed by atoms with E-state index in [-0.39, 0.29) is 18.4 Å². The van der Waals surface area contributed by atoms with Gasteiger partial charge < -0.3 is 15.2 Å². The number of hydrogen-bond donors (Lipinski definition) is 4. The summed E-state index contributed by atoms with van der Waals surface area (Å²) >= 11 is 0. The van der Waals surface area contributed by atoms with Crippen LogP contribution in [0.3, 0.4) is 0 Å². The quantitative estimate of drug-likeness (QED) is 0.378. The zero-order chi connectivity index (χ0) is 26.5. The Kier molecular flexibility index (Phi) is 8.05. The smallest absolute Gasteiger partial charge is 0.381 e. The van der Waals surface area contributed by atoms with Crippen molar-refractivity contribution in [2.24, 2.45) is 29.4 Å². The summed E-state index contributed by atoms with van der Waals surface area (Å²) in [6, 6.07) is -1.74. The number of nitrogens with one attached hydrogen (secondary N) is 3. The van der Waals surface area contributed by atoms with E-state index in [0.29, 0.717) is 19.4 Å². The average Bonchev–Trinajstić information content (AvgIpc) is 3.47. The number of methoxy groups -OCH3 is 1. The summed E-state index contributed by atoms with van der Waals surface area (Å²) in [6.07, 6.45) is -7.65. The highest BCUT2D eigenvalue weighted by Crippen LogP contribution is 2.47. The Labute approximate surface area is 213 Å². The third-order valence-electron chi connectivity index (χ3n) is 9.48. The van der Waals surface area contributed by atoms with Crippen LogP contribution >= 0.6 is 0 Å². The summed E-state index contributed by atoms with van der Waals surface area (Å²) in [6.45, 7) is 0.549. The van der Waals surface area contributed by atoms with Crippen LogP contribution in [-0.4, -0.2) is 73.8 Å². The Morgan fingerprint density at radius 2 is 1.62 bits per heavy atom. The number of nitrogens with zero attached hydrogens (tertiary/aromatic N) is 1. The van der Waals surface area contributed by atoms with Gasteiger partial charge in [-0.3, -0.25) is 10.2 Å². The summed E-state index contributed by atoms with van der Waals surface area (Å²) < 4.78 is 97.5. The fourth-order valence-electron chi connectivity index (χ4n) is 7.71. The molecular formula is C24H39F6N5O2. The molecule has 5 rings (SSSR count). The number of nitrogens with two attached hydrogens (primary N) is 1. The second-order valence-corrected chi connectivity index (χ2v) is 11.6. The maximum absolute atomic E-state index is 14.5. The number of ether oxygens (including phenoxy) is 2. The van der Waals surface area contributed by atoms with Crippen LogP contribution in [-0.2, 0) is 9.47 Å². The van der Waals surface area contributed by atoms with E-state index in [9.17, 15) is 26.3 Å². The molecule has 5 N–H and O–H groups in total. The first kappa shape index (κ1) is 27.9. The van der Waals surface area contributed by atoms with Crippen molar-refractivity contribution in [1.29, 1.82) is 0 Å². The van der Waals surface area contributed by atoms with Crippen LogP contribution in [0, 0.1) is 23.7 Å². The van der Waals surface area contributed by atoms with Crippen LogP contribution in [0.2, 0.25) is 0 Å². The van der Waals surface area contributed by atoms with Gasteiger partial charge in [-0.05, 0) is 57.4 Å². The predicted octanol–water partition coefficient (Wildman–Crippen LogP) is 3.21. The summed E-state index contributed by atoms with van der Waals surface area (Å²) in [4.78, 5) is 1.93. The van der Waals surface area contributed by atoms with Gasteiger partial charge in [-0.1, -0.05) is 12.8 Å². The summed E-state index contributed by atoms with van der Waals surface area (Å²) in [5.74, 6) is -4.17. The number of fused-ring (bicyclic) bond motifs is 9. The van der Waals surface area contributed by atoms with Crippen LogP contribution in [0.25, 0.3) is 0 Å². The van der Waals surface area contributed by atoms with Gasteiger partial charge in [-0.25, -0.2) is 10.9 Å². The van der Waals surface area contributed by atoms with Gasteiger partial charge in [0.15, 0.2) is 0 Å². The molecule has 10 unspecified atom stereocenters. The summed E-state index contributed by atoms with van der Waals surface area (Å²) in [5.41, 5.74) is 11.7. The number of piperidine rings is 1. The largest absolute Gasteiger partial charge is 0.396 e. The van der Waals surface area contributed by atoms with E-state index in [4.69, 9.17) is 15.2 Å².